The molecule has 0 aliphatic heterocycles. The molecule has 4 heterocycles. The van der Waals surface area contributed by atoms with Crippen LogP contribution in [0.25, 0.3) is 97.7 Å². The van der Waals surface area contributed by atoms with Crippen LogP contribution in [0.2, 0.25) is 0 Å². The second-order valence-corrected chi connectivity index (χ2v) is 27.5. The standard InChI is InChI=1S/C78H70N4/c1-75(2,3)51-31-35-63-59(43-51)71-65(79(53-27-15-13-16-28-53)69-41-49-25-21-19-23-47(49)39-61(69)77(7,8)9)37-33-55-57-46-68-58(45-67(57)81(63)73(55)71)56-34-38-66(72-60-44-52(76(4,5)6)32-36-64(60)82(68)74(56)72)80(54-29-17-14-18-30-54)70-42-50-26-22-20-24-48(50)40-62(70)78(10,11)12/h13-46H,1-12H3. The Balaban J connectivity index is 1.06. The van der Waals surface area contributed by atoms with Crippen LogP contribution in [0.5, 0.6) is 0 Å². The molecule has 0 bridgehead atoms. The second kappa shape index (κ2) is 17.3. The molecule has 402 valence electrons. The van der Waals surface area contributed by atoms with Crippen molar-refractivity contribution in [3.63, 3.8) is 0 Å². The van der Waals surface area contributed by atoms with E-state index in [9.17, 15) is 0 Å². The van der Waals surface area contributed by atoms with Crippen molar-refractivity contribution < 1.29 is 0 Å². The summed E-state index contributed by atoms with van der Waals surface area (Å²) >= 11 is 0. The van der Waals surface area contributed by atoms with E-state index in [2.05, 4.69) is 308 Å². The smallest absolute Gasteiger partial charge is 0.0641 e. The van der Waals surface area contributed by atoms with Crippen LogP contribution in [-0.2, 0) is 21.7 Å². The maximum absolute atomic E-state index is 2.61. The lowest BCUT2D eigenvalue weighted by molar-refractivity contribution is 0.591. The van der Waals surface area contributed by atoms with Crippen LogP contribution >= 0.6 is 0 Å². The fourth-order valence-corrected chi connectivity index (χ4v) is 13.9. The molecule has 15 aromatic rings. The molecule has 15 rings (SSSR count). The maximum Gasteiger partial charge on any atom is 0.0641 e. The van der Waals surface area contributed by atoms with E-state index in [0.29, 0.717) is 0 Å². The third kappa shape index (κ3) is 7.42. The summed E-state index contributed by atoms with van der Waals surface area (Å²) in [5.41, 5.74) is 19.3. The summed E-state index contributed by atoms with van der Waals surface area (Å²) in [6, 6.07) is 78.8. The van der Waals surface area contributed by atoms with Crippen molar-refractivity contribution in [3.8, 4) is 0 Å². The van der Waals surface area contributed by atoms with Gasteiger partial charge in [0.2, 0.25) is 0 Å². The van der Waals surface area contributed by atoms with E-state index < -0.39 is 0 Å². The van der Waals surface area contributed by atoms with Crippen LogP contribution in [0.4, 0.5) is 34.1 Å². The van der Waals surface area contributed by atoms with Crippen molar-refractivity contribution in [2.24, 2.45) is 0 Å². The zero-order valence-electron chi connectivity index (χ0n) is 49.4. The molecule has 4 aromatic heterocycles. The number of benzene rings is 11. The third-order valence-electron chi connectivity index (χ3n) is 18.0. The Hall–Kier alpha value is -8.86. The van der Waals surface area contributed by atoms with Gasteiger partial charge in [-0.2, -0.15) is 0 Å². The van der Waals surface area contributed by atoms with E-state index in [1.54, 1.807) is 0 Å². The summed E-state index contributed by atoms with van der Waals surface area (Å²) in [5.74, 6) is 0. The molecule has 0 spiro atoms. The molecule has 0 fully saturated rings. The number of hydrogen-bond acceptors (Lipinski definition) is 2. The molecule has 0 saturated heterocycles. The first-order valence-corrected chi connectivity index (χ1v) is 29.4. The fraction of sp³-hybridized carbons (Fsp3) is 0.205. The summed E-state index contributed by atoms with van der Waals surface area (Å²) in [4.78, 5) is 5.12. The average molecular weight is 1060 g/mol. The van der Waals surface area contributed by atoms with Gasteiger partial charge < -0.3 is 18.6 Å². The van der Waals surface area contributed by atoms with Crippen molar-refractivity contribution in [3.05, 3.63) is 229 Å². The predicted molar refractivity (Wildman–Crippen MR) is 355 cm³/mol. The lowest BCUT2D eigenvalue weighted by atomic mass is 9.83. The fourth-order valence-electron chi connectivity index (χ4n) is 13.9. The Morgan fingerprint density at radius 2 is 0.622 bits per heavy atom. The molecule has 0 N–H and O–H groups in total. The number of para-hydroxylation sites is 2. The summed E-state index contributed by atoms with van der Waals surface area (Å²) in [5, 5.41) is 15.1. The van der Waals surface area contributed by atoms with Crippen molar-refractivity contribution in [1.82, 2.24) is 8.80 Å². The van der Waals surface area contributed by atoms with Gasteiger partial charge in [-0.25, -0.2) is 0 Å². The van der Waals surface area contributed by atoms with Gasteiger partial charge in [-0.1, -0.05) is 192 Å². The lowest BCUT2D eigenvalue weighted by Gasteiger charge is -2.33. The predicted octanol–water partition coefficient (Wildman–Crippen LogP) is 22.4. The van der Waals surface area contributed by atoms with E-state index in [1.807, 2.05) is 0 Å². The second-order valence-electron chi connectivity index (χ2n) is 27.5. The van der Waals surface area contributed by atoms with Crippen LogP contribution < -0.4 is 9.80 Å². The molecule has 0 radical (unpaired) electrons. The molecule has 0 atom stereocenters. The first-order valence-electron chi connectivity index (χ1n) is 29.4. The van der Waals surface area contributed by atoms with Gasteiger partial charge in [-0.05, 0) is 163 Å². The van der Waals surface area contributed by atoms with Crippen LogP contribution in [0, 0.1) is 0 Å². The van der Waals surface area contributed by atoms with Crippen LogP contribution in [0.3, 0.4) is 0 Å². The van der Waals surface area contributed by atoms with Gasteiger partial charge in [0.15, 0.2) is 0 Å². The van der Waals surface area contributed by atoms with E-state index in [-0.39, 0.29) is 21.7 Å². The first kappa shape index (κ1) is 50.1. The highest BCUT2D eigenvalue weighted by atomic mass is 15.2. The number of hydrogen-bond donors (Lipinski definition) is 0. The van der Waals surface area contributed by atoms with Crippen molar-refractivity contribution in [1.29, 1.82) is 0 Å². The van der Waals surface area contributed by atoms with Crippen LogP contribution in [0.15, 0.2) is 206 Å². The summed E-state index contributed by atoms with van der Waals surface area (Å²) in [7, 11) is 0. The normalized spacial score (nSPS) is 13.1. The van der Waals surface area contributed by atoms with Gasteiger partial charge in [0, 0.05) is 54.5 Å². The number of aromatic nitrogens is 2. The van der Waals surface area contributed by atoms with E-state index in [1.165, 1.54) is 143 Å². The topological polar surface area (TPSA) is 15.3 Å². The minimum Gasteiger partial charge on any atom is -0.309 e. The van der Waals surface area contributed by atoms with Gasteiger partial charge in [-0.3, -0.25) is 0 Å². The Kier molecular flexibility index (Phi) is 10.6. The average Bonchev–Trinajstić information content (AvgIpc) is 1.68. The molecule has 11 aromatic carbocycles. The Labute approximate surface area is 481 Å². The number of rotatable bonds is 6. The molecule has 0 amide bonds. The molecular weight excluding hydrogens is 993 g/mol. The van der Waals surface area contributed by atoms with E-state index >= 15 is 0 Å². The minimum atomic E-state index is -0.144. The Morgan fingerprint density at radius 1 is 0.268 bits per heavy atom. The number of anilines is 6. The Morgan fingerprint density at radius 3 is 0.976 bits per heavy atom. The molecule has 0 saturated carbocycles. The number of fused-ring (bicyclic) bond motifs is 14. The SMILES string of the molecule is CC(C)(C)c1ccc2c(c1)c1c(N(c3ccccc3)c3cc4ccccc4cc3C(C)(C)C)ccc3c4cc5c(cc4n2c31)c1ccc(N(c2ccccc2)c2cc3ccccc3cc2C(C)(C)C)c2c3cc(C(C)(C)C)ccc3n5c12. The first-order chi connectivity index (χ1) is 39.2. The molecular formula is C78H70N4. The minimum absolute atomic E-state index is 0.0553. The zero-order valence-corrected chi connectivity index (χ0v) is 49.4. The van der Waals surface area contributed by atoms with E-state index in [0.717, 1.165) is 11.4 Å². The van der Waals surface area contributed by atoms with Gasteiger partial charge in [0.1, 0.15) is 0 Å². The molecule has 4 nitrogen and oxygen atoms in total. The zero-order chi connectivity index (χ0) is 56.5. The van der Waals surface area contributed by atoms with Crippen LogP contribution in [-0.4, -0.2) is 8.80 Å². The lowest BCUT2D eigenvalue weighted by Crippen LogP contribution is -2.19. The van der Waals surface area contributed by atoms with Gasteiger partial charge in [0.25, 0.3) is 0 Å². The molecule has 4 heteroatoms. The highest BCUT2D eigenvalue weighted by molar-refractivity contribution is 6.32. The van der Waals surface area contributed by atoms with Crippen molar-refractivity contribution in [2.75, 3.05) is 9.80 Å². The molecule has 0 aliphatic carbocycles. The van der Waals surface area contributed by atoms with Gasteiger partial charge in [0.05, 0.1) is 55.8 Å². The maximum atomic E-state index is 2.61. The van der Waals surface area contributed by atoms with Crippen molar-refractivity contribution >= 4 is 132 Å². The van der Waals surface area contributed by atoms with Crippen LogP contribution in [0.1, 0.15) is 105 Å². The molecule has 0 aliphatic rings. The van der Waals surface area contributed by atoms with E-state index in [4.69, 9.17) is 0 Å². The quantitative estimate of drug-likeness (QED) is 0.165. The monoisotopic (exact) mass is 1060 g/mol. The summed E-state index contributed by atoms with van der Waals surface area (Å²) in [6.45, 7) is 28.1. The largest absolute Gasteiger partial charge is 0.309 e. The van der Waals surface area contributed by atoms with Gasteiger partial charge >= 0.3 is 0 Å². The molecule has 0 unspecified atom stereocenters. The highest BCUT2D eigenvalue weighted by Crippen LogP contribution is 2.54. The van der Waals surface area contributed by atoms with Crippen molar-refractivity contribution in [2.45, 2.75) is 105 Å². The third-order valence-corrected chi connectivity index (χ3v) is 18.0. The summed E-state index contributed by atoms with van der Waals surface area (Å²) < 4.78 is 5.22. The molecule has 82 heavy (non-hydrogen) atoms. The summed E-state index contributed by atoms with van der Waals surface area (Å²) in [6.07, 6.45) is 0. The highest BCUT2D eigenvalue weighted by Gasteiger charge is 2.33. The number of nitrogens with zero attached hydrogens (tertiary/aromatic N) is 4. The Bertz CT molecular complexity index is 4740. The van der Waals surface area contributed by atoms with Gasteiger partial charge in [-0.15, -0.1) is 0 Å².